The number of morpholine rings is 1. The van der Waals surface area contributed by atoms with E-state index in [9.17, 15) is 4.79 Å². The van der Waals surface area contributed by atoms with Gasteiger partial charge in [0.25, 0.3) is 5.91 Å². The van der Waals surface area contributed by atoms with Crippen LogP contribution in [0.3, 0.4) is 0 Å². The van der Waals surface area contributed by atoms with Crippen molar-refractivity contribution in [2.75, 3.05) is 39.3 Å². The molecule has 2 aliphatic rings. The van der Waals surface area contributed by atoms with Crippen LogP contribution in [0.5, 0.6) is 0 Å². The predicted molar refractivity (Wildman–Crippen MR) is 112 cm³/mol. The summed E-state index contributed by atoms with van der Waals surface area (Å²) in [6.07, 6.45) is 4.57. The molecule has 2 aliphatic heterocycles. The molecule has 0 aliphatic carbocycles. The number of pyridine rings is 1. The number of carbonyl (C=O) groups excluding carboxylic acids is 1. The molecule has 0 radical (unpaired) electrons. The van der Waals surface area contributed by atoms with Gasteiger partial charge in [0.2, 0.25) is 0 Å². The maximum Gasteiger partial charge on any atom is 0.253 e. The van der Waals surface area contributed by atoms with Gasteiger partial charge in [-0.3, -0.25) is 14.7 Å². The Morgan fingerprint density at radius 3 is 2.93 bits per heavy atom. The molecule has 2 fully saturated rings. The van der Waals surface area contributed by atoms with E-state index in [1.54, 1.807) is 6.20 Å². The predicted octanol–water partition coefficient (Wildman–Crippen LogP) is 2.12. The van der Waals surface area contributed by atoms with Crippen molar-refractivity contribution in [3.63, 3.8) is 0 Å². The van der Waals surface area contributed by atoms with Gasteiger partial charge in [-0.25, -0.2) is 0 Å². The number of carbonyl (C=O) groups is 1. The van der Waals surface area contributed by atoms with Gasteiger partial charge in [-0.15, -0.1) is 24.8 Å². The van der Waals surface area contributed by atoms with Gasteiger partial charge >= 0.3 is 0 Å². The van der Waals surface area contributed by atoms with Gasteiger partial charge in [-0.2, -0.15) is 0 Å². The first-order valence-electron chi connectivity index (χ1n) is 9.53. The standard InChI is InChI=1S/C19H30N4O2.2ClH/c1-2-22-12-13-25-18(15-22)19(24)23(14-16-6-3-4-10-21-16)17-7-5-9-20-11-8-17;;/h3-4,6,10,17-18,20H,2,5,7-9,11-15H2,1H3;2*1H. The number of aromatic nitrogens is 1. The highest BCUT2D eigenvalue weighted by atomic mass is 35.5. The summed E-state index contributed by atoms with van der Waals surface area (Å²) in [4.78, 5) is 22.1. The number of amides is 1. The SMILES string of the molecule is CCN1CCOC(C(=O)N(Cc2ccccn2)C2CCCNCC2)C1.Cl.Cl. The lowest BCUT2D eigenvalue weighted by Gasteiger charge is -2.37. The van der Waals surface area contributed by atoms with Crippen LogP contribution in [0.25, 0.3) is 0 Å². The fourth-order valence-corrected chi connectivity index (χ4v) is 3.69. The Bertz CT molecular complexity index is 542. The van der Waals surface area contributed by atoms with E-state index in [4.69, 9.17) is 4.74 Å². The Morgan fingerprint density at radius 2 is 2.19 bits per heavy atom. The van der Waals surface area contributed by atoms with E-state index >= 15 is 0 Å². The van der Waals surface area contributed by atoms with Crippen LogP contribution >= 0.6 is 24.8 Å². The number of nitrogens with one attached hydrogen (secondary N) is 1. The van der Waals surface area contributed by atoms with E-state index in [1.165, 1.54) is 0 Å². The summed E-state index contributed by atoms with van der Waals surface area (Å²) in [6.45, 7) is 7.89. The molecule has 6 nitrogen and oxygen atoms in total. The third kappa shape index (κ3) is 6.88. The Balaban J connectivity index is 0.00000182. The normalized spacial score (nSPS) is 23.4. The molecule has 2 saturated heterocycles. The van der Waals surface area contributed by atoms with Crippen LogP contribution in [0.1, 0.15) is 31.9 Å². The van der Waals surface area contributed by atoms with Crippen LogP contribution in [-0.2, 0) is 16.1 Å². The van der Waals surface area contributed by atoms with Gasteiger partial charge in [0.1, 0.15) is 6.10 Å². The van der Waals surface area contributed by atoms with E-state index < -0.39 is 0 Å². The molecule has 0 bridgehead atoms. The van der Waals surface area contributed by atoms with Crippen molar-refractivity contribution in [2.45, 2.75) is 44.9 Å². The van der Waals surface area contributed by atoms with Crippen molar-refractivity contribution in [1.82, 2.24) is 20.1 Å². The Hall–Kier alpha value is -0.920. The molecule has 3 rings (SSSR count). The highest BCUT2D eigenvalue weighted by molar-refractivity contribution is 5.85. The van der Waals surface area contributed by atoms with E-state index in [-0.39, 0.29) is 42.9 Å². The zero-order valence-electron chi connectivity index (χ0n) is 16.0. The lowest BCUT2D eigenvalue weighted by atomic mass is 10.1. The van der Waals surface area contributed by atoms with Crippen LogP contribution in [0.15, 0.2) is 24.4 Å². The molecule has 2 atom stereocenters. The van der Waals surface area contributed by atoms with E-state index in [0.29, 0.717) is 19.7 Å². The van der Waals surface area contributed by atoms with E-state index in [2.05, 4.69) is 22.1 Å². The number of halogens is 2. The number of nitrogens with zero attached hydrogens (tertiary/aromatic N) is 3. The van der Waals surface area contributed by atoms with Crippen molar-refractivity contribution in [3.05, 3.63) is 30.1 Å². The van der Waals surface area contributed by atoms with Crippen molar-refractivity contribution in [1.29, 1.82) is 0 Å². The first-order valence-corrected chi connectivity index (χ1v) is 9.53. The fourth-order valence-electron chi connectivity index (χ4n) is 3.69. The lowest BCUT2D eigenvalue weighted by Crippen LogP contribution is -2.53. The first-order chi connectivity index (χ1) is 12.3. The molecule has 1 N–H and O–H groups in total. The monoisotopic (exact) mass is 418 g/mol. The van der Waals surface area contributed by atoms with Crippen LogP contribution in [-0.4, -0.2) is 72.2 Å². The summed E-state index contributed by atoms with van der Waals surface area (Å²) in [7, 11) is 0. The number of hydrogen-bond acceptors (Lipinski definition) is 5. The van der Waals surface area contributed by atoms with Crippen LogP contribution in [0, 0.1) is 0 Å². The molecule has 1 aromatic heterocycles. The smallest absolute Gasteiger partial charge is 0.253 e. The number of rotatable bonds is 5. The zero-order valence-corrected chi connectivity index (χ0v) is 17.6. The van der Waals surface area contributed by atoms with Crippen molar-refractivity contribution in [3.8, 4) is 0 Å². The molecular weight excluding hydrogens is 387 g/mol. The maximum atomic E-state index is 13.3. The second-order valence-electron chi connectivity index (χ2n) is 6.87. The van der Waals surface area contributed by atoms with Gasteiger partial charge in [-0.1, -0.05) is 13.0 Å². The van der Waals surface area contributed by atoms with Crippen molar-refractivity contribution < 1.29 is 9.53 Å². The Labute approximate surface area is 174 Å². The molecule has 1 aromatic rings. The second kappa shape index (κ2) is 12.5. The molecule has 27 heavy (non-hydrogen) atoms. The molecule has 0 spiro atoms. The maximum absolute atomic E-state index is 13.3. The average molecular weight is 419 g/mol. The molecule has 8 heteroatoms. The highest BCUT2D eigenvalue weighted by Gasteiger charge is 2.33. The van der Waals surface area contributed by atoms with Gasteiger partial charge in [0.05, 0.1) is 18.8 Å². The van der Waals surface area contributed by atoms with Gasteiger partial charge in [-0.05, 0) is 51.0 Å². The largest absolute Gasteiger partial charge is 0.366 e. The molecule has 0 saturated carbocycles. The Kier molecular flexibility index (Phi) is 11.2. The molecule has 3 heterocycles. The summed E-state index contributed by atoms with van der Waals surface area (Å²) in [5.41, 5.74) is 0.941. The third-order valence-corrected chi connectivity index (χ3v) is 5.20. The van der Waals surface area contributed by atoms with Gasteiger partial charge < -0.3 is 15.0 Å². The van der Waals surface area contributed by atoms with Gasteiger partial charge in [0.15, 0.2) is 0 Å². The molecule has 1 amide bonds. The van der Waals surface area contributed by atoms with Crippen LogP contribution in [0.2, 0.25) is 0 Å². The molecule has 0 aromatic carbocycles. The van der Waals surface area contributed by atoms with Crippen LogP contribution < -0.4 is 5.32 Å². The summed E-state index contributed by atoms with van der Waals surface area (Å²) in [5, 5.41) is 3.44. The fraction of sp³-hybridized carbons (Fsp3) is 0.684. The summed E-state index contributed by atoms with van der Waals surface area (Å²) in [6, 6.07) is 6.14. The molecule has 2 unspecified atom stereocenters. The van der Waals surface area contributed by atoms with Crippen LogP contribution in [0.4, 0.5) is 0 Å². The third-order valence-electron chi connectivity index (χ3n) is 5.20. The molecule has 154 valence electrons. The van der Waals surface area contributed by atoms with Crippen molar-refractivity contribution >= 4 is 30.7 Å². The van der Waals surface area contributed by atoms with E-state index in [1.807, 2.05) is 23.1 Å². The summed E-state index contributed by atoms with van der Waals surface area (Å²) < 4.78 is 5.84. The summed E-state index contributed by atoms with van der Waals surface area (Å²) in [5.74, 6) is 0.121. The number of ether oxygens (including phenoxy) is 1. The minimum Gasteiger partial charge on any atom is -0.366 e. The van der Waals surface area contributed by atoms with E-state index in [0.717, 1.165) is 51.1 Å². The highest BCUT2D eigenvalue weighted by Crippen LogP contribution is 2.19. The Morgan fingerprint density at radius 1 is 1.33 bits per heavy atom. The number of likely N-dealkylation sites (N-methyl/N-ethyl adjacent to an activating group) is 1. The average Bonchev–Trinajstić information content (AvgIpc) is 2.96. The second-order valence-corrected chi connectivity index (χ2v) is 6.87. The minimum atomic E-state index is -0.353. The van der Waals surface area contributed by atoms with Crippen molar-refractivity contribution in [2.24, 2.45) is 0 Å². The minimum absolute atomic E-state index is 0. The number of hydrogen-bond donors (Lipinski definition) is 1. The topological polar surface area (TPSA) is 57.7 Å². The quantitative estimate of drug-likeness (QED) is 0.793. The lowest BCUT2D eigenvalue weighted by molar-refractivity contribution is -0.152. The van der Waals surface area contributed by atoms with Gasteiger partial charge in [0, 0.05) is 25.3 Å². The molecular formula is C19H32Cl2N4O2. The first kappa shape index (κ1) is 24.1. The zero-order chi connectivity index (χ0) is 17.5. The summed E-state index contributed by atoms with van der Waals surface area (Å²) >= 11 is 0.